The Hall–Kier alpha value is -0.890. The second-order valence-electron chi connectivity index (χ2n) is 4.31. The lowest BCUT2D eigenvalue weighted by Crippen LogP contribution is -1.98. The van der Waals surface area contributed by atoms with Crippen molar-refractivity contribution in [3.05, 3.63) is 23.2 Å². The summed E-state index contributed by atoms with van der Waals surface area (Å²) >= 11 is 6.00. The minimum atomic E-state index is 0.630. The lowest BCUT2D eigenvalue weighted by Gasteiger charge is -2.08. The van der Waals surface area contributed by atoms with Gasteiger partial charge < -0.3 is 10.5 Å². The van der Waals surface area contributed by atoms with E-state index in [4.69, 9.17) is 22.1 Å². The summed E-state index contributed by atoms with van der Waals surface area (Å²) in [7, 11) is 0. The molecule has 0 aromatic heterocycles. The fourth-order valence-electron chi connectivity index (χ4n) is 1.70. The maximum Gasteiger partial charge on any atom is 0.139 e. The predicted molar refractivity (Wildman–Crippen MR) is 74.7 cm³/mol. The topological polar surface area (TPSA) is 35.2 Å². The van der Waals surface area contributed by atoms with Crippen molar-refractivity contribution in [2.75, 3.05) is 12.3 Å². The van der Waals surface area contributed by atoms with Crippen LogP contribution in [0.5, 0.6) is 5.75 Å². The highest BCUT2D eigenvalue weighted by molar-refractivity contribution is 6.32. The standard InChI is InChI=1S/C14H22ClNO/c1-2-3-4-5-6-7-10-17-14-11-12(16)8-9-13(14)15/h8-9,11H,2-7,10,16H2,1H3. The number of nitrogen functional groups attached to an aromatic ring is 1. The van der Waals surface area contributed by atoms with Gasteiger partial charge in [0.25, 0.3) is 0 Å². The zero-order valence-corrected chi connectivity index (χ0v) is 11.3. The van der Waals surface area contributed by atoms with E-state index in [0.29, 0.717) is 16.5 Å². The van der Waals surface area contributed by atoms with E-state index in [-0.39, 0.29) is 0 Å². The average Bonchev–Trinajstić information content (AvgIpc) is 2.32. The van der Waals surface area contributed by atoms with Gasteiger partial charge in [0.1, 0.15) is 5.75 Å². The smallest absolute Gasteiger partial charge is 0.139 e. The van der Waals surface area contributed by atoms with Crippen LogP contribution in [0.3, 0.4) is 0 Å². The second-order valence-corrected chi connectivity index (χ2v) is 4.71. The molecule has 17 heavy (non-hydrogen) atoms. The van der Waals surface area contributed by atoms with Crippen LogP contribution in [0.25, 0.3) is 0 Å². The molecule has 0 saturated carbocycles. The van der Waals surface area contributed by atoms with Gasteiger partial charge in [0.15, 0.2) is 0 Å². The summed E-state index contributed by atoms with van der Waals surface area (Å²) in [6.45, 7) is 2.94. The Bertz CT molecular complexity index is 328. The number of halogens is 1. The van der Waals surface area contributed by atoms with Crippen LogP contribution in [-0.2, 0) is 0 Å². The number of rotatable bonds is 8. The molecule has 0 saturated heterocycles. The van der Waals surface area contributed by atoms with E-state index in [1.165, 1.54) is 32.1 Å². The summed E-state index contributed by atoms with van der Waals surface area (Å²) in [6.07, 6.45) is 7.55. The van der Waals surface area contributed by atoms with E-state index in [1.54, 1.807) is 18.2 Å². The van der Waals surface area contributed by atoms with Crippen molar-refractivity contribution in [1.82, 2.24) is 0 Å². The largest absolute Gasteiger partial charge is 0.492 e. The van der Waals surface area contributed by atoms with E-state index in [1.807, 2.05) is 0 Å². The van der Waals surface area contributed by atoms with Gasteiger partial charge >= 0.3 is 0 Å². The molecule has 0 bridgehead atoms. The van der Waals surface area contributed by atoms with Gasteiger partial charge in [0.05, 0.1) is 11.6 Å². The first kappa shape index (κ1) is 14.2. The van der Waals surface area contributed by atoms with Gasteiger partial charge in [-0.3, -0.25) is 0 Å². The van der Waals surface area contributed by atoms with Crippen LogP contribution in [0.1, 0.15) is 45.4 Å². The molecule has 2 N–H and O–H groups in total. The molecule has 0 atom stereocenters. The van der Waals surface area contributed by atoms with Crippen molar-refractivity contribution in [1.29, 1.82) is 0 Å². The maximum absolute atomic E-state index is 6.00. The Labute approximate surface area is 109 Å². The fraction of sp³-hybridized carbons (Fsp3) is 0.571. The molecule has 0 heterocycles. The summed E-state index contributed by atoms with van der Waals surface area (Å²) < 4.78 is 5.61. The van der Waals surface area contributed by atoms with Crippen LogP contribution in [-0.4, -0.2) is 6.61 Å². The molecule has 96 valence electrons. The number of anilines is 1. The van der Waals surface area contributed by atoms with Gasteiger partial charge in [0, 0.05) is 11.8 Å². The molecule has 0 aliphatic heterocycles. The molecule has 1 aromatic carbocycles. The third-order valence-electron chi connectivity index (χ3n) is 2.71. The molecule has 0 radical (unpaired) electrons. The lowest BCUT2D eigenvalue weighted by molar-refractivity contribution is 0.304. The van der Waals surface area contributed by atoms with Crippen molar-refractivity contribution in [3.63, 3.8) is 0 Å². The Kier molecular flexibility index (Phi) is 6.87. The van der Waals surface area contributed by atoms with Crippen LogP contribution in [0, 0.1) is 0 Å². The highest BCUT2D eigenvalue weighted by atomic mass is 35.5. The Morgan fingerprint density at radius 1 is 1.12 bits per heavy atom. The third-order valence-corrected chi connectivity index (χ3v) is 3.02. The van der Waals surface area contributed by atoms with Gasteiger partial charge in [-0.1, -0.05) is 50.6 Å². The first-order valence-electron chi connectivity index (χ1n) is 6.42. The number of benzene rings is 1. The second kappa shape index (κ2) is 8.24. The van der Waals surface area contributed by atoms with Crippen LogP contribution in [0.4, 0.5) is 5.69 Å². The Morgan fingerprint density at radius 3 is 2.59 bits per heavy atom. The van der Waals surface area contributed by atoms with E-state index >= 15 is 0 Å². The quantitative estimate of drug-likeness (QED) is 0.542. The minimum Gasteiger partial charge on any atom is -0.492 e. The molecule has 2 nitrogen and oxygen atoms in total. The van der Waals surface area contributed by atoms with Gasteiger partial charge in [-0.15, -0.1) is 0 Å². The number of nitrogens with two attached hydrogens (primary N) is 1. The zero-order valence-electron chi connectivity index (χ0n) is 10.5. The molecule has 0 unspecified atom stereocenters. The predicted octanol–water partition coefficient (Wildman–Crippen LogP) is 4.66. The van der Waals surface area contributed by atoms with Crippen LogP contribution >= 0.6 is 11.6 Å². The summed E-state index contributed by atoms with van der Waals surface area (Å²) in [4.78, 5) is 0. The number of hydrogen-bond acceptors (Lipinski definition) is 2. The normalized spacial score (nSPS) is 10.5. The third kappa shape index (κ3) is 5.83. The molecule has 0 amide bonds. The molecule has 0 aliphatic carbocycles. The van der Waals surface area contributed by atoms with Gasteiger partial charge in [-0.2, -0.15) is 0 Å². The molecule has 0 aliphatic rings. The number of unbranched alkanes of at least 4 members (excludes halogenated alkanes) is 5. The van der Waals surface area contributed by atoms with Gasteiger partial charge in [-0.05, 0) is 18.6 Å². The highest BCUT2D eigenvalue weighted by Crippen LogP contribution is 2.26. The molecule has 3 heteroatoms. The molecular weight excluding hydrogens is 234 g/mol. The number of ether oxygens (including phenoxy) is 1. The van der Waals surface area contributed by atoms with Crippen molar-refractivity contribution in [2.45, 2.75) is 45.4 Å². The van der Waals surface area contributed by atoms with Gasteiger partial charge in [-0.25, -0.2) is 0 Å². The van der Waals surface area contributed by atoms with Crippen LogP contribution in [0.15, 0.2) is 18.2 Å². The molecule has 1 rings (SSSR count). The first-order valence-corrected chi connectivity index (χ1v) is 6.79. The maximum atomic E-state index is 6.00. The van der Waals surface area contributed by atoms with E-state index in [0.717, 1.165) is 13.0 Å². The van der Waals surface area contributed by atoms with Crippen molar-refractivity contribution in [3.8, 4) is 5.75 Å². The Morgan fingerprint density at radius 2 is 1.82 bits per heavy atom. The first-order chi connectivity index (χ1) is 8.24. The number of hydrogen-bond donors (Lipinski definition) is 1. The minimum absolute atomic E-state index is 0.630. The Balaban J connectivity index is 2.15. The summed E-state index contributed by atoms with van der Waals surface area (Å²) in [5.41, 5.74) is 6.36. The van der Waals surface area contributed by atoms with E-state index in [9.17, 15) is 0 Å². The lowest BCUT2D eigenvalue weighted by atomic mass is 10.1. The highest BCUT2D eigenvalue weighted by Gasteiger charge is 2.01. The van der Waals surface area contributed by atoms with E-state index in [2.05, 4.69) is 6.92 Å². The van der Waals surface area contributed by atoms with Crippen molar-refractivity contribution in [2.24, 2.45) is 0 Å². The molecule has 0 fully saturated rings. The summed E-state index contributed by atoms with van der Waals surface area (Å²) in [6, 6.07) is 5.33. The van der Waals surface area contributed by atoms with Gasteiger partial charge in [0.2, 0.25) is 0 Å². The monoisotopic (exact) mass is 255 g/mol. The van der Waals surface area contributed by atoms with E-state index < -0.39 is 0 Å². The average molecular weight is 256 g/mol. The fourth-order valence-corrected chi connectivity index (χ4v) is 1.87. The molecule has 0 spiro atoms. The van der Waals surface area contributed by atoms with Crippen molar-refractivity contribution < 1.29 is 4.74 Å². The zero-order chi connectivity index (χ0) is 12.5. The van der Waals surface area contributed by atoms with Crippen molar-refractivity contribution >= 4 is 17.3 Å². The summed E-state index contributed by atoms with van der Waals surface area (Å²) in [5, 5.41) is 0.630. The molecule has 1 aromatic rings. The SMILES string of the molecule is CCCCCCCCOc1cc(N)ccc1Cl. The molecular formula is C14H22ClNO. The van der Waals surface area contributed by atoms with Crippen LogP contribution in [0.2, 0.25) is 5.02 Å². The van der Waals surface area contributed by atoms with Crippen LogP contribution < -0.4 is 10.5 Å². The summed E-state index contributed by atoms with van der Waals surface area (Å²) in [5.74, 6) is 0.695.